The molecule has 0 unspecified atom stereocenters. The highest BCUT2D eigenvalue weighted by atomic mass is 16.5. The van der Waals surface area contributed by atoms with Gasteiger partial charge in [0.05, 0.1) is 26.2 Å². The van der Waals surface area contributed by atoms with Crippen LogP contribution >= 0.6 is 0 Å². The molecule has 2 rings (SSSR count). The van der Waals surface area contributed by atoms with Gasteiger partial charge < -0.3 is 24.1 Å². The molecule has 1 N–H and O–H groups in total. The highest BCUT2D eigenvalue weighted by Crippen LogP contribution is 2.30. The Bertz CT molecular complexity index is 750. The predicted octanol–water partition coefficient (Wildman–Crippen LogP) is 4.83. The maximum atomic E-state index is 12.1. The molecule has 6 heteroatoms. The van der Waals surface area contributed by atoms with Crippen molar-refractivity contribution in [2.24, 2.45) is 0 Å². The van der Waals surface area contributed by atoms with E-state index >= 15 is 0 Å². The number of benzene rings is 1. The Morgan fingerprint density at radius 2 is 1.93 bits per heavy atom. The molecular weight excluding hydrogens is 368 g/mol. The van der Waals surface area contributed by atoms with E-state index < -0.39 is 0 Å². The summed E-state index contributed by atoms with van der Waals surface area (Å²) in [7, 11) is 1.61. The third-order valence-corrected chi connectivity index (χ3v) is 4.36. The maximum Gasteiger partial charge on any atom is 0.248 e. The Balaban J connectivity index is 1.89. The number of methoxy groups -OCH3 is 1. The van der Waals surface area contributed by atoms with Crippen molar-refractivity contribution in [2.45, 2.75) is 33.1 Å². The quantitative estimate of drug-likeness (QED) is 0.385. The van der Waals surface area contributed by atoms with Crippen molar-refractivity contribution in [2.75, 3.05) is 38.7 Å². The van der Waals surface area contributed by atoms with Gasteiger partial charge in [0.25, 0.3) is 0 Å². The van der Waals surface area contributed by atoms with E-state index in [2.05, 4.69) is 24.1 Å². The van der Waals surface area contributed by atoms with Crippen LogP contribution in [-0.4, -0.2) is 44.2 Å². The van der Waals surface area contributed by atoms with Crippen LogP contribution in [0.5, 0.6) is 11.5 Å². The Labute approximate surface area is 173 Å². The molecule has 29 heavy (non-hydrogen) atoms. The number of anilines is 1. The summed E-state index contributed by atoms with van der Waals surface area (Å²) in [5, 5.41) is 2.84. The monoisotopic (exact) mass is 400 g/mol. The number of ether oxygens (including phenoxy) is 2. The van der Waals surface area contributed by atoms with Crippen molar-refractivity contribution in [3.05, 3.63) is 48.4 Å². The highest BCUT2D eigenvalue weighted by molar-refractivity contribution is 6.02. The van der Waals surface area contributed by atoms with Crippen molar-refractivity contribution in [1.29, 1.82) is 0 Å². The van der Waals surface area contributed by atoms with E-state index in [9.17, 15) is 4.79 Å². The summed E-state index contributed by atoms with van der Waals surface area (Å²) in [5.41, 5.74) is 1.49. The Kier molecular flexibility index (Phi) is 9.86. The highest BCUT2D eigenvalue weighted by Gasteiger charge is 2.08. The number of hydrogen-bond acceptors (Lipinski definition) is 5. The summed E-state index contributed by atoms with van der Waals surface area (Å²) in [4.78, 5) is 14.6. The van der Waals surface area contributed by atoms with Gasteiger partial charge in [0.2, 0.25) is 5.91 Å². The first-order chi connectivity index (χ1) is 14.2. The lowest BCUT2D eigenvalue weighted by Gasteiger charge is -2.21. The fraction of sp³-hybridized carbons (Fsp3) is 0.435. The zero-order valence-electron chi connectivity index (χ0n) is 17.6. The Morgan fingerprint density at radius 3 is 2.59 bits per heavy atom. The molecule has 1 amide bonds. The third-order valence-electron chi connectivity index (χ3n) is 4.36. The van der Waals surface area contributed by atoms with Gasteiger partial charge in [-0.15, -0.1) is 0 Å². The summed E-state index contributed by atoms with van der Waals surface area (Å²) in [6.45, 7) is 8.25. The summed E-state index contributed by atoms with van der Waals surface area (Å²) in [6.07, 6.45) is 9.55. The molecule has 0 aliphatic heterocycles. The van der Waals surface area contributed by atoms with E-state index in [0.717, 1.165) is 44.5 Å². The van der Waals surface area contributed by atoms with Gasteiger partial charge in [-0.3, -0.25) is 4.79 Å². The fourth-order valence-electron chi connectivity index (χ4n) is 3.03. The molecule has 0 fully saturated rings. The molecule has 1 aromatic heterocycles. The second kappa shape index (κ2) is 12.7. The summed E-state index contributed by atoms with van der Waals surface area (Å²) >= 11 is 0. The fourth-order valence-corrected chi connectivity index (χ4v) is 3.03. The molecule has 0 spiro atoms. The molecule has 0 aliphatic rings. The lowest BCUT2D eigenvalue weighted by Crippen LogP contribution is -2.27. The number of hydrogen-bond donors (Lipinski definition) is 1. The van der Waals surface area contributed by atoms with Crippen LogP contribution in [0.4, 0.5) is 5.69 Å². The minimum absolute atomic E-state index is 0.225. The molecule has 0 aliphatic carbocycles. The van der Waals surface area contributed by atoms with Gasteiger partial charge in [-0.05, 0) is 56.6 Å². The van der Waals surface area contributed by atoms with Gasteiger partial charge >= 0.3 is 0 Å². The predicted molar refractivity (Wildman–Crippen MR) is 116 cm³/mol. The van der Waals surface area contributed by atoms with Crippen molar-refractivity contribution < 1.29 is 18.7 Å². The van der Waals surface area contributed by atoms with E-state index in [1.165, 1.54) is 6.08 Å². The van der Waals surface area contributed by atoms with Crippen LogP contribution in [0.3, 0.4) is 0 Å². The minimum atomic E-state index is -0.225. The van der Waals surface area contributed by atoms with E-state index in [1.807, 2.05) is 0 Å². The maximum absolute atomic E-state index is 12.1. The first-order valence-corrected chi connectivity index (χ1v) is 10.2. The molecule has 0 atom stereocenters. The van der Waals surface area contributed by atoms with Crippen LogP contribution in [-0.2, 0) is 4.79 Å². The van der Waals surface area contributed by atoms with Crippen LogP contribution in [0.1, 0.15) is 38.7 Å². The number of rotatable bonds is 13. The smallest absolute Gasteiger partial charge is 0.248 e. The summed E-state index contributed by atoms with van der Waals surface area (Å²) < 4.78 is 16.3. The molecule has 0 bridgehead atoms. The molecule has 0 saturated carbocycles. The SMILES string of the molecule is CCCN(CCC)CCCOc1cc(NC(=O)C=Cc2ccoc2)ccc1OC. The topological polar surface area (TPSA) is 63.9 Å². The number of carbonyl (C=O) groups is 1. The van der Waals surface area contributed by atoms with Gasteiger partial charge in [0.15, 0.2) is 11.5 Å². The van der Waals surface area contributed by atoms with E-state index in [4.69, 9.17) is 13.9 Å². The molecule has 6 nitrogen and oxygen atoms in total. The van der Waals surface area contributed by atoms with Crippen molar-refractivity contribution in [3.63, 3.8) is 0 Å². The number of nitrogens with zero attached hydrogens (tertiary/aromatic N) is 1. The second-order valence-corrected chi connectivity index (χ2v) is 6.79. The molecule has 2 aromatic rings. The minimum Gasteiger partial charge on any atom is -0.493 e. The average Bonchev–Trinajstić information content (AvgIpc) is 3.24. The van der Waals surface area contributed by atoms with E-state index in [1.54, 1.807) is 50.0 Å². The molecular formula is C23H32N2O4. The van der Waals surface area contributed by atoms with Gasteiger partial charge in [-0.1, -0.05) is 13.8 Å². The van der Waals surface area contributed by atoms with Crippen LogP contribution in [0.25, 0.3) is 6.08 Å². The lowest BCUT2D eigenvalue weighted by molar-refractivity contribution is -0.111. The van der Waals surface area contributed by atoms with Crippen LogP contribution in [0.2, 0.25) is 0 Å². The Morgan fingerprint density at radius 1 is 1.14 bits per heavy atom. The first-order valence-electron chi connectivity index (χ1n) is 10.2. The number of furan rings is 1. The van der Waals surface area contributed by atoms with Crippen LogP contribution in [0.15, 0.2) is 47.3 Å². The van der Waals surface area contributed by atoms with Gasteiger partial charge in [-0.2, -0.15) is 0 Å². The zero-order valence-corrected chi connectivity index (χ0v) is 17.6. The molecule has 158 valence electrons. The normalized spacial score (nSPS) is 11.2. The van der Waals surface area contributed by atoms with E-state index in [0.29, 0.717) is 23.8 Å². The molecule has 1 aromatic carbocycles. The standard InChI is InChI=1S/C23H32N2O4/c1-4-12-25(13-5-2)14-6-15-29-22-17-20(8-9-21(22)27-3)24-23(26)10-7-19-11-16-28-18-19/h7-11,16-18H,4-6,12-15H2,1-3H3,(H,24,26). The van der Waals surface area contributed by atoms with Crippen molar-refractivity contribution >= 4 is 17.7 Å². The largest absolute Gasteiger partial charge is 0.493 e. The van der Waals surface area contributed by atoms with E-state index in [-0.39, 0.29) is 5.91 Å². The molecule has 0 radical (unpaired) electrons. The van der Waals surface area contributed by atoms with Gasteiger partial charge in [0, 0.05) is 29.9 Å². The van der Waals surface area contributed by atoms with Gasteiger partial charge in [0.1, 0.15) is 0 Å². The molecule has 1 heterocycles. The molecule has 0 saturated heterocycles. The summed E-state index contributed by atoms with van der Waals surface area (Å²) in [5.74, 6) is 1.05. The van der Waals surface area contributed by atoms with Crippen molar-refractivity contribution in [3.8, 4) is 11.5 Å². The van der Waals surface area contributed by atoms with Crippen LogP contribution < -0.4 is 14.8 Å². The summed E-state index contributed by atoms with van der Waals surface area (Å²) in [6, 6.07) is 7.16. The van der Waals surface area contributed by atoms with Crippen molar-refractivity contribution in [1.82, 2.24) is 4.90 Å². The number of carbonyl (C=O) groups excluding carboxylic acids is 1. The van der Waals surface area contributed by atoms with Gasteiger partial charge in [-0.25, -0.2) is 0 Å². The number of amides is 1. The first kappa shape index (κ1) is 22.6. The lowest BCUT2D eigenvalue weighted by atomic mass is 10.2. The number of nitrogens with one attached hydrogen (secondary N) is 1. The average molecular weight is 401 g/mol. The second-order valence-electron chi connectivity index (χ2n) is 6.79. The third kappa shape index (κ3) is 8.03. The van der Waals surface area contributed by atoms with Crippen LogP contribution in [0, 0.1) is 0 Å². The Hall–Kier alpha value is -2.73. The zero-order chi connectivity index (χ0) is 20.9.